The molecule has 4 amide bonds. The van der Waals surface area contributed by atoms with Crippen molar-refractivity contribution >= 4 is 23.5 Å². The number of imide groups is 1. The highest BCUT2D eigenvalue weighted by molar-refractivity contribution is 6.23. The fraction of sp³-hybridized carbons (Fsp3) is 0.524. The summed E-state index contributed by atoms with van der Waals surface area (Å²) in [5.41, 5.74) is -4.34. The number of fused-ring (bicyclic) bond motifs is 5. The zero-order chi connectivity index (χ0) is 23.6. The lowest BCUT2D eigenvalue weighted by Gasteiger charge is -2.35. The third kappa shape index (κ3) is 2.97. The van der Waals surface area contributed by atoms with Gasteiger partial charge in [0.15, 0.2) is 0 Å². The number of alkyl halides is 3. The van der Waals surface area contributed by atoms with Gasteiger partial charge in [-0.2, -0.15) is 18.4 Å². The zero-order valence-electron chi connectivity index (χ0n) is 17.5. The van der Waals surface area contributed by atoms with Crippen molar-refractivity contribution in [1.29, 1.82) is 5.26 Å². The minimum Gasteiger partial charge on any atom is -0.365 e. The van der Waals surface area contributed by atoms with Gasteiger partial charge in [-0.3, -0.25) is 9.59 Å². The number of ether oxygens (including phenoxy) is 1. The molecule has 3 heterocycles. The Bertz CT molecular complexity index is 1070. The van der Waals surface area contributed by atoms with Gasteiger partial charge in [0.05, 0.1) is 52.0 Å². The van der Waals surface area contributed by atoms with E-state index in [1.165, 1.54) is 6.07 Å². The van der Waals surface area contributed by atoms with Gasteiger partial charge in [0.1, 0.15) is 0 Å². The molecule has 0 radical (unpaired) electrons. The van der Waals surface area contributed by atoms with Crippen LogP contribution < -0.4 is 15.5 Å². The fourth-order valence-electron chi connectivity index (χ4n) is 5.38. The summed E-state index contributed by atoms with van der Waals surface area (Å²) in [7, 11) is 0. The van der Waals surface area contributed by atoms with E-state index in [1.54, 1.807) is 20.8 Å². The van der Waals surface area contributed by atoms with Crippen LogP contribution in [0.25, 0.3) is 0 Å². The summed E-state index contributed by atoms with van der Waals surface area (Å²) in [6.45, 7) is 5.45. The standard InChI is InChI=1S/C21H21F3N4O4/c1-4-26-18(31)27-13-8-19(2)14-15(20(13,3)32-19)17(30)28(16(14)29)11-6-5-10(9-25)12(7-11)21(22,23)24/h5-7,13-15H,4,8H2,1-3H3,(H2,26,27,31)/t13-,14-,15+,19-,20+/m1/s1. The van der Waals surface area contributed by atoms with Crippen LogP contribution in [0.5, 0.6) is 0 Å². The van der Waals surface area contributed by atoms with E-state index in [0.29, 0.717) is 12.6 Å². The average molecular weight is 450 g/mol. The van der Waals surface area contributed by atoms with Crippen molar-refractivity contribution in [2.24, 2.45) is 11.8 Å². The summed E-state index contributed by atoms with van der Waals surface area (Å²) in [6, 6.07) is 3.22. The first-order valence-corrected chi connectivity index (χ1v) is 10.1. The Morgan fingerprint density at radius 3 is 2.53 bits per heavy atom. The first-order chi connectivity index (χ1) is 14.9. The smallest absolute Gasteiger partial charge is 0.365 e. The molecule has 3 fully saturated rings. The van der Waals surface area contributed by atoms with Crippen LogP contribution in [-0.2, 0) is 20.5 Å². The Hall–Kier alpha value is -3.13. The zero-order valence-corrected chi connectivity index (χ0v) is 17.5. The maximum Gasteiger partial charge on any atom is 0.417 e. The Kier molecular flexibility index (Phi) is 4.78. The molecular formula is C21H21F3N4O4. The predicted octanol–water partition coefficient (Wildman–Crippen LogP) is 2.32. The Morgan fingerprint density at radius 2 is 1.94 bits per heavy atom. The van der Waals surface area contributed by atoms with Crippen molar-refractivity contribution < 1.29 is 32.3 Å². The molecule has 32 heavy (non-hydrogen) atoms. The Morgan fingerprint density at radius 1 is 1.28 bits per heavy atom. The molecule has 0 saturated carbocycles. The van der Waals surface area contributed by atoms with Crippen LogP contribution in [0.1, 0.15) is 38.3 Å². The van der Waals surface area contributed by atoms with Crippen LogP contribution in [-0.4, -0.2) is 41.6 Å². The first kappa shape index (κ1) is 22.1. The molecule has 0 aromatic heterocycles. The third-order valence-electron chi connectivity index (χ3n) is 6.67. The molecule has 1 aromatic carbocycles. The quantitative estimate of drug-likeness (QED) is 0.687. The van der Waals surface area contributed by atoms with E-state index in [4.69, 9.17) is 10.00 Å². The highest BCUT2D eigenvalue weighted by Crippen LogP contribution is 2.61. The van der Waals surface area contributed by atoms with Gasteiger partial charge < -0.3 is 15.4 Å². The van der Waals surface area contributed by atoms with E-state index in [9.17, 15) is 27.6 Å². The van der Waals surface area contributed by atoms with Crippen molar-refractivity contribution in [1.82, 2.24) is 10.6 Å². The molecule has 0 unspecified atom stereocenters. The lowest BCUT2D eigenvalue weighted by molar-refractivity contribution is -0.138. The molecule has 4 rings (SSSR count). The molecular weight excluding hydrogens is 429 g/mol. The van der Waals surface area contributed by atoms with Crippen molar-refractivity contribution in [2.75, 3.05) is 11.4 Å². The maximum atomic E-state index is 13.4. The number of hydrogen-bond acceptors (Lipinski definition) is 5. The number of nitrogens with one attached hydrogen (secondary N) is 2. The molecule has 8 nitrogen and oxygen atoms in total. The molecule has 5 atom stereocenters. The molecule has 170 valence electrons. The number of anilines is 1. The molecule has 0 spiro atoms. The molecule has 0 aliphatic carbocycles. The number of nitrogens with zero attached hydrogens (tertiary/aromatic N) is 2. The van der Waals surface area contributed by atoms with Gasteiger partial charge >= 0.3 is 12.2 Å². The van der Waals surface area contributed by atoms with Gasteiger partial charge in [0.2, 0.25) is 11.8 Å². The number of nitriles is 1. The monoisotopic (exact) mass is 450 g/mol. The Labute approximate surface area is 181 Å². The largest absolute Gasteiger partial charge is 0.417 e. The van der Waals surface area contributed by atoms with Crippen molar-refractivity contribution in [2.45, 2.75) is 50.6 Å². The highest BCUT2D eigenvalue weighted by Gasteiger charge is 2.76. The molecule has 2 bridgehead atoms. The van der Waals surface area contributed by atoms with E-state index in [-0.39, 0.29) is 12.1 Å². The summed E-state index contributed by atoms with van der Waals surface area (Å²) < 4.78 is 46.4. The minimum absolute atomic E-state index is 0.249. The first-order valence-electron chi connectivity index (χ1n) is 10.1. The predicted molar refractivity (Wildman–Crippen MR) is 104 cm³/mol. The normalized spacial score (nSPS) is 33.3. The molecule has 1 aromatic rings. The number of benzene rings is 1. The summed E-state index contributed by atoms with van der Waals surface area (Å²) in [4.78, 5) is 39.4. The van der Waals surface area contributed by atoms with Gasteiger partial charge in [-0.1, -0.05) is 0 Å². The van der Waals surface area contributed by atoms with Crippen LogP contribution in [0.2, 0.25) is 0 Å². The Balaban J connectivity index is 1.72. The second kappa shape index (κ2) is 6.93. The summed E-state index contributed by atoms with van der Waals surface area (Å²) in [6.07, 6.45) is -4.56. The molecule has 3 aliphatic heterocycles. The van der Waals surface area contributed by atoms with E-state index in [2.05, 4.69) is 10.6 Å². The van der Waals surface area contributed by atoms with Crippen LogP contribution in [0.15, 0.2) is 18.2 Å². The van der Waals surface area contributed by atoms with Crippen molar-refractivity contribution in [3.63, 3.8) is 0 Å². The molecule has 2 N–H and O–H groups in total. The van der Waals surface area contributed by atoms with E-state index in [1.807, 2.05) is 0 Å². The number of carbonyl (C=O) groups is 3. The number of urea groups is 1. The topological polar surface area (TPSA) is 112 Å². The maximum absolute atomic E-state index is 13.4. The van der Waals surface area contributed by atoms with Gasteiger partial charge in [-0.15, -0.1) is 0 Å². The number of carbonyl (C=O) groups excluding carboxylic acids is 3. The number of rotatable bonds is 3. The third-order valence-corrected chi connectivity index (χ3v) is 6.67. The van der Waals surface area contributed by atoms with Gasteiger partial charge in [0, 0.05) is 13.0 Å². The van der Waals surface area contributed by atoms with Crippen LogP contribution >= 0.6 is 0 Å². The van der Waals surface area contributed by atoms with E-state index in [0.717, 1.165) is 17.0 Å². The molecule has 3 saturated heterocycles. The van der Waals surface area contributed by atoms with E-state index >= 15 is 0 Å². The van der Waals surface area contributed by atoms with Crippen LogP contribution in [0.4, 0.5) is 23.7 Å². The SMILES string of the molecule is CCNC(=O)N[C@@H]1C[C@@]2(C)O[C@]1(C)[C@@H]1C(=O)N(c3ccc(C#N)c(C(F)(F)F)c3)C(=O)[C@@H]12. The lowest BCUT2D eigenvalue weighted by Crippen LogP contribution is -2.57. The van der Waals surface area contributed by atoms with Gasteiger partial charge in [-0.25, -0.2) is 9.69 Å². The summed E-state index contributed by atoms with van der Waals surface area (Å²) in [5.74, 6) is -3.20. The molecule has 11 heteroatoms. The number of halogens is 3. The lowest BCUT2D eigenvalue weighted by atomic mass is 9.66. The van der Waals surface area contributed by atoms with Gasteiger partial charge in [-0.05, 0) is 39.0 Å². The number of amides is 4. The average Bonchev–Trinajstić information content (AvgIpc) is 3.21. The van der Waals surface area contributed by atoms with Crippen molar-refractivity contribution in [3.8, 4) is 6.07 Å². The van der Waals surface area contributed by atoms with Crippen molar-refractivity contribution in [3.05, 3.63) is 29.3 Å². The number of hydrogen-bond donors (Lipinski definition) is 2. The van der Waals surface area contributed by atoms with E-state index < -0.39 is 64.2 Å². The second-order valence-corrected chi connectivity index (χ2v) is 8.67. The summed E-state index contributed by atoms with van der Waals surface area (Å²) >= 11 is 0. The van der Waals surface area contributed by atoms with Crippen LogP contribution in [0, 0.1) is 23.2 Å². The van der Waals surface area contributed by atoms with Crippen LogP contribution in [0.3, 0.4) is 0 Å². The van der Waals surface area contributed by atoms with Gasteiger partial charge in [0.25, 0.3) is 0 Å². The summed E-state index contributed by atoms with van der Waals surface area (Å²) in [5, 5.41) is 14.4. The fourth-order valence-corrected chi connectivity index (χ4v) is 5.38. The molecule has 3 aliphatic rings. The highest BCUT2D eigenvalue weighted by atomic mass is 19.4. The minimum atomic E-state index is -4.83. The second-order valence-electron chi connectivity index (χ2n) is 8.67.